The monoisotopic (exact) mass is 512 g/mol. The Morgan fingerprint density at radius 2 is 1.95 bits per heavy atom. The molecule has 37 heavy (non-hydrogen) atoms. The van der Waals surface area contributed by atoms with Crippen molar-refractivity contribution in [2.24, 2.45) is 0 Å². The molecular weight excluding hydrogens is 476 g/mol. The third-order valence-electron chi connectivity index (χ3n) is 6.37. The molecule has 0 radical (unpaired) electrons. The van der Waals surface area contributed by atoms with Crippen LogP contribution < -0.4 is 15.4 Å². The van der Waals surface area contributed by atoms with Crippen LogP contribution in [-0.2, 0) is 11.2 Å². The van der Waals surface area contributed by atoms with Crippen LogP contribution >= 0.6 is 0 Å². The van der Waals surface area contributed by atoms with Crippen molar-refractivity contribution in [3.63, 3.8) is 0 Å². The number of nitrogens with one attached hydrogen (secondary N) is 2. The second kappa shape index (κ2) is 10.1. The Balaban J connectivity index is 1.46. The van der Waals surface area contributed by atoms with E-state index in [4.69, 9.17) is 18.9 Å². The van der Waals surface area contributed by atoms with Crippen LogP contribution in [0.2, 0.25) is 0 Å². The summed E-state index contributed by atoms with van der Waals surface area (Å²) in [5.74, 6) is 0.152. The summed E-state index contributed by atoms with van der Waals surface area (Å²) in [6, 6.07) is 3.63. The fourth-order valence-electron chi connectivity index (χ4n) is 4.66. The summed E-state index contributed by atoms with van der Waals surface area (Å²) in [5.41, 5.74) is 0.708. The molecule has 0 saturated carbocycles. The van der Waals surface area contributed by atoms with Crippen LogP contribution in [-0.4, -0.2) is 58.6 Å². The van der Waals surface area contributed by atoms with E-state index in [1.807, 2.05) is 47.6 Å². The molecule has 4 rings (SSSR count). The summed E-state index contributed by atoms with van der Waals surface area (Å²) in [7, 11) is 0. The Morgan fingerprint density at radius 3 is 2.59 bits per heavy atom. The minimum Gasteiger partial charge on any atom is -0.476 e. The average Bonchev–Trinajstić information content (AvgIpc) is 3.22. The predicted molar refractivity (Wildman–Crippen MR) is 137 cm³/mol. The Hall–Kier alpha value is -3.56. The number of carbonyl (C=O) groups excluding carboxylic acids is 3. The number of hydrogen-bond acceptors (Lipinski definition) is 7. The van der Waals surface area contributed by atoms with Crippen LogP contribution in [0.4, 0.5) is 10.5 Å². The smallest absolute Gasteiger partial charge is 0.410 e. The highest BCUT2D eigenvalue weighted by Gasteiger charge is 2.36. The van der Waals surface area contributed by atoms with Gasteiger partial charge in [-0.15, -0.1) is 0 Å². The number of anilines is 1. The van der Waals surface area contributed by atoms with E-state index in [9.17, 15) is 14.4 Å². The van der Waals surface area contributed by atoms with Crippen molar-refractivity contribution in [1.29, 1.82) is 0 Å². The van der Waals surface area contributed by atoms with E-state index in [0.29, 0.717) is 43.4 Å². The van der Waals surface area contributed by atoms with Crippen LogP contribution in [0, 0.1) is 0 Å². The molecule has 0 unspecified atom stereocenters. The van der Waals surface area contributed by atoms with Gasteiger partial charge < -0.3 is 29.4 Å². The van der Waals surface area contributed by atoms with Crippen molar-refractivity contribution >= 4 is 23.6 Å². The molecule has 2 aliphatic rings. The average molecular weight is 513 g/mol. The van der Waals surface area contributed by atoms with Gasteiger partial charge in [0.15, 0.2) is 0 Å². The highest BCUT2D eigenvalue weighted by atomic mass is 16.6. The molecule has 0 aromatic carbocycles. The van der Waals surface area contributed by atoms with Crippen LogP contribution in [0.15, 0.2) is 22.8 Å². The summed E-state index contributed by atoms with van der Waals surface area (Å²) in [4.78, 5) is 44.6. The summed E-state index contributed by atoms with van der Waals surface area (Å²) in [6.45, 7) is 12.7. The van der Waals surface area contributed by atoms with Gasteiger partial charge in [-0.25, -0.2) is 9.78 Å². The maximum atomic E-state index is 13.1. The molecule has 2 aromatic heterocycles. The number of hydrogen-bond donors (Lipinski definition) is 2. The molecule has 1 saturated heterocycles. The lowest BCUT2D eigenvalue weighted by atomic mass is 9.91. The molecule has 0 bridgehead atoms. The molecule has 0 aliphatic carbocycles. The van der Waals surface area contributed by atoms with Gasteiger partial charge in [-0.1, -0.05) is 0 Å². The van der Waals surface area contributed by atoms with E-state index in [1.54, 1.807) is 11.0 Å². The van der Waals surface area contributed by atoms with Gasteiger partial charge in [-0.3, -0.25) is 9.59 Å². The van der Waals surface area contributed by atoms with E-state index in [2.05, 4.69) is 10.6 Å². The number of nitrogens with zero attached hydrogens (tertiary/aromatic N) is 2. The maximum absolute atomic E-state index is 13.1. The Morgan fingerprint density at radius 1 is 1.24 bits per heavy atom. The first kappa shape index (κ1) is 26.5. The topological polar surface area (TPSA) is 123 Å². The molecule has 200 valence electrons. The molecule has 4 heterocycles. The van der Waals surface area contributed by atoms with Crippen LogP contribution in [0.1, 0.15) is 92.5 Å². The lowest BCUT2D eigenvalue weighted by Crippen LogP contribution is -2.49. The molecule has 0 atom stereocenters. The molecule has 10 nitrogen and oxygen atoms in total. The summed E-state index contributed by atoms with van der Waals surface area (Å²) >= 11 is 0. The molecule has 1 fully saturated rings. The fraction of sp³-hybridized carbons (Fsp3) is 0.556. The first-order valence-electron chi connectivity index (χ1n) is 12.7. The Bertz CT molecular complexity index is 1190. The lowest BCUT2D eigenvalue weighted by Gasteiger charge is -2.33. The highest BCUT2D eigenvalue weighted by molar-refractivity contribution is 6.13. The molecule has 0 spiro atoms. The van der Waals surface area contributed by atoms with Crippen molar-refractivity contribution in [2.45, 2.75) is 77.9 Å². The number of carbonyl (C=O) groups is 3. The van der Waals surface area contributed by atoms with Gasteiger partial charge in [0.1, 0.15) is 23.3 Å². The second-order valence-corrected chi connectivity index (χ2v) is 11.2. The van der Waals surface area contributed by atoms with Gasteiger partial charge in [0.25, 0.3) is 11.8 Å². The Labute approximate surface area is 217 Å². The second-order valence-electron chi connectivity index (χ2n) is 11.2. The van der Waals surface area contributed by atoms with Gasteiger partial charge in [-0.05, 0) is 66.5 Å². The molecule has 2 aliphatic heterocycles. The van der Waals surface area contributed by atoms with Crippen molar-refractivity contribution in [3.05, 3.63) is 41.0 Å². The third-order valence-corrected chi connectivity index (χ3v) is 6.37. The predicted octanol–water partition coefficient (Wildman–Crippen LogP) is 4.50. The molecular formula is C27H36N4O6. The summed E-state index contributed by atoms with van der Waals surface area (Å²) in [6.07, 6.45) is 3.01. The summed E-state index contributed by atoms with van der Waals surface area (Å²) in [5, 5.41) is 5.73. The van der Waals surface area contributed by atoms with Gasteiger partial charge in [-0.2, -0.15) is 0 Å². The lowest BCUT2D eigenvalue weighted by molar-refractivity contribution is 0.0203. The van der Waals surface area contributed by atoms with E-state index in [1.165, 1.54) is 6.26 Å². The SMILES string of the molecule is CCOc1nc(C2CCN(C(=O)OC(C)(C)C)CC2)ccc1NC(=O)c1coc2c1C(=O)NC(C)(C)C2. The third kappa shape index (κ3) is 6.06. The van der Waals surface area contributed by atoms with Crippen molar-refractivity contribution in [3.8, 4) is 5.88 Å². The number of ether oxygens (including phenoxy) is 2. The summed E-state index contributed by atoms with van der Waals surface area (Å²) < 4.78 is 16.8. The van der Waals surface area contributed by atoms with Crippen LogP contribution in [0.3, 0.4) is 0 Å². The molecule has 2 aromatic rings. The zero-order valence-electron chi connectivity index (χ0n) is 22.4. The number of aromatic nitrogens is 1. The largest absolute Gasteiger partial charge is 0.476 e. The van der Waals surface area contributed by atoms with Crippen molar-refractivity contribution in [2.75, 3.05) is 25.0 Å². The number of piperidine rings is 1. The van der Waals surface area contributed by atoms with E-state index in [-0.39, 0.29) is 29.0 Å². The number of pyridine rings is 1. The number of fused-ring (bicyclic) bond motifs is 1. The highest BCUT2D eigenvalue weighted by Crippen LogP contribution is 2.33. The quantitative estimate of drug-likeness (QED) is 0.604. The van der Waals surface area contributed by atoms with E-state index in [0.717, 1.165) is 18.5 Å². The van der Waals surface area contributed by atoms with Crippen molar-refractivity contribution in [1.82, 2.24) is 15.2 Å². The first-order chi connectivity index (χ1) is 17.4. The van der Waals surface area contributed by atoms with E-state index < -0.39 is 17.0 Å². The molecule has 3 amide bonds. The maximum Gasteiger partial charge on any atom is 0.410 e. The zero-order chi connectivity index (χ0) is 27.0. The number of amides is 3. The fourth-order valence-corrected chi connectivity index (χ4v) is 4.66. The van der Waals surface area contributed by atoms with Gasteiger partial charge >= 0.3 is 6.09 Å². The molecule has 2 N–H and O–H groups in total. The van der Waals surface area contributed by atoms with Crippen molar-refractivity contribution < 1.29 is 28.3 Å². The number of likely N-dealkylation sites (tertiary alicyclic amines) is 1. The van der Waals surface area contributed by atoms with Gasteiger partial charge in [0.2, 0.25) is 5.88 Å². The standard InChI is InChI=1S/C27H36N4O6/c1-7-35-24-19(28-22(32)17-15-36-20-14-27(5,6)30-23(33)21(17)20)9-8-18(29-24)16-10-12-31(13-11-16)25(34)37-26(2,3)4/h8-9,15-16H,7,10-14H2,1-6H3,(H,28,32)(H,30,33). The Kier molecular flexibility index (Phi) is 7.21. The van der Waals surface area contributed by atoms with Gasteiger partial charge in [0.05, 0.1) is 17.7 Å². The first-order valence-corrected chi connectivity index (χ1v) is 12.7. The number of rotatable bonds is 5. The zero-order valence-corrected chi connectivity index (χ0v) is 22.4. The molecule has 10 heteroatoms. The minimum atomic E-state index is -0.529. The normalized spacial score (nSPS) is 17.6. The number of furan rings is 1. The van der Waals surface area contributed by atoms with E-state index >= 15 is 0 Å². The minimum absolute atomic E-state index is 0.149. The van der Waals surface area contributed by atoms with Crippen LogP contribution in [0.5, 0.6) is 5.88 Å². The van der Waals surface area contributed by atoms with Crippen LogP contribution in [0.25, 0.3) is 0 Å². The van der Waals surface area contributed by atoms with Gasteiger partial charge in [0, 0.05) is 36.7 Å².